The van der Waals surface area contributed by atoms with Crippen LogP contribution in [0.2, 0.25) is 0 Å². The number of hydrogen-bond donors (Lipinski definition) is 1. The molecule has 0 spiro atoms. The predicted octanol–water partition coefficient (Wildman–Crippen LogP) is 3.67. The molecule has 3 unspecified atom stereocenters. The predicted molar refractivity (Wildman–Crippen MR) is 83.5 cm³/mol. The fourth-order valence-corrected chi connectivity index (χ4v) is 4.17. The van der Waals surface area contributed by atoms with E-state index in [9.17, 15) is 0 Å². The van der Waals surface area contributed by atoms with Gasteiger partial charge in [-0.05, 0) is 57.0 Å². The van der Waals surface area contributed by atoms with Crippen LogP contribution in [0.4, 0.5) is 0 Å². The average molecular weight is 266 g/mol. The van der Waals surface area contributed by atoms with Crippen LogP contribution in [0.5, 0.6) is 0 Å². The van der Waals surface area contributed by atoms with Crippen molar-refractivity contribution in [3.05, 3.63) is 0 Å². The van der Waals surface area contributed by atoms with Gasteiger partial charge in [0.2, 0.25) is 0 Å². The summed E-state index contributed by atoms with van der Waals surface area (Å²) in [5, 5.41) is 3.62. The van der Waals surface area contributed by atoms with E-state index in [0.717, 1.165) is 18.5 Å². The molecular weight excluding hydrogens is 232 g/mol. The van der Waals surface area contributed by atoms with E-state index in [1.165, 1.54) is 51.6 Å². The minimum absolute atomic E-state index is 0.370. The SMILES string of the molecule is CCNC(C)C(C)(C)CN1CCCC2CCCCC21. The zero-order chi connectivity index (χ0) is 13.9. The summed E-state index contributed by atoms with van der Waals surface area (Å²) in [6.45, 7) is 13.1. The summed E-state index contributed by atoms with van der Waals surface area (Å²) in [7, 11) is 0. The fraction of sp³-hybridized carbons (Fsp3) is 1.00. The van der Waals surface area contributed by atoms with Crippen molar-refractivity contribution < 1.29 is 0 Å². The summed E-state index contributed by atoms with van der Waals surface area (Å²) in [4.78, 5) is 2.83. The third kappa shape index (κ3) is 3.72. The van der Waals surface area contributed by atoms with Crippen molar-refractivity contribution in [2.75, 3.05) is 19.6 Å². The standard InChI is InChI=1S/C17H34N2/c1-5-18-14(2)17(3,4)13-19-12-8-10-15-9-6-7-11-16(15)19/h14-16,18H,5-13H2,1-4H3. The molecule has 0 aromatic rings. The van der Waals surface area contributed by atoms with Crippen molar-refractivity contribution in [2.24, 2.45) is 11.3 Å². The molecule has 2 nitrogen and oxygen atoms in total. The van der Waals surface area contributed by atoms with Gasteiger partial charge in [0.15, 0.2) is 0 Å². The van der Waals surface area contributed by atoms with E-state index in [4.69, 9.17) is 0 Å². The molecule has 1 saturated heterocycles. The van der Waals surface area contributed by atoms with Gasteiger partial charge >= 0.3 is 0 Å². The minimum Gasteiger partial charge on any atom is -0.314 e. The highest BCUT2D eigenvalue weighted by Gasteiger charge is 2.37. The molecule has 1 N–H and O–H groups in total. The summed E-state index contributed by atoms with van der Waals surface area (Å²) in [6.07, 6.45) is 8.80. The lowest BCUT2D eigenvalue weighted by Gasteiger charge is -2.48. The molecule has 0 radical (unpaired) electrons. The first-order valence-electron chi connectivity index (χ1n) is 8.52. The number of likely N-dealkylation sites (tertiary alicyclic amines) is 1. The summed E-state index contributed by atoms with van der Waals surface area (Å²) >= 11 is 0. The quantitative estimate of drug-likeness (QED) is 0.817. The number of piperidine rings is 1. The van der Waals surface area contributed by atoms with E-state index in [-0.39, 0.29) is 0 Å². The van der Waals surface area contributed by atoms with Crippen LogP contribution in [-0.4, -0.2) is 36.6 Å². The van der Waals surface area contributed by atoms with Crippen molar-refractivity contribution in [1.29, 1.82) is 0 Å². The Kier molecular flexibility index (Phi) is 5.30. The van der Waals surface area contributed by atoms with Crippen molar-refractivity contribution in [1.82, 2.24) is 10.2 Å². The Labute approximate surface area is 120 Å². The van der Waals surface area contributed by atoms with Crippen LogP contribution in [0.15, 0.2) is 0 Å². The summed E-state index contributed by atoms with van der Waals surface area (Å²) < 4.78 is 0. The van der Waals surface area contributed by atoms with Crippen LogP contribution in [0.3, 0.4) is 0 Å². The molecule has 19 heavy (non-hydrogen) atoms. The van der Waals surface area contributed by atoms with E-state index in [1.54, 1.807) is 0 Å². The number of nitrogens with zero attached hydrogens (tertiary/aromatic N) is 1. The molecule has 1 heterocycles. The lowest BCUT2D eigenvalue weighted by Crippen LogP contribution is -2.53. The summed E-state index contributed by atoms with van der Waals surface area (Å²) in [5.74, 6) is 1.01. The lowest BCUT2D eigenvalue weighted by atomic mass is 9.76. The van der Waals surface area contributed by atoms with E-state index in [2.05, 4.69) is 37.9 Å². The van der Waals surface area contributed by atoms with Gasteiger partial charge in [-0.25, -0.2) is 0 Å². The summed E-state index contributed by atoms with van der Waals surface area (Å²) in [5.41, 5.74) is 0.370. The van der Waals surface area contributed by atoms with E-state index >= 15 is 0 Å². The lowest BCUT2D eigenvalue weighted by molar-refractivity contribution is 0.0238. The molecule has 1 aliphatic heterocycles. The fourth-order valence-electron chi connectivity index (χ4n) is 4.17. The highest BCUT2D eigenvalue weighted by molar-refractivity contribution is 4.92. The van der Waals surface area contributed by atoms with Crippen molar-refractivity contribution in [3.63, 3.8) is 0 Å². The second-order valence-corrected chi connectivity index (χ2v) is 7.49. The second-order valence-electron chi connectivity index (χ2n) is 7.49. The third-order valence-electron chi connectivity index (χ3n) is 5.65. The molecule has 112 valence electrons. The largest absolute Gasteiger partial charge is 0.314 e. The highest BCUT2D eigenvalue weighted by Crippen LogP contribution is 2.37. The Morgan fingerprint density at radius 2 is 1.84 bits per heavy atom. The van der Waals surface area contributed by atoms with Crippen LogP contribution in [0.1, 0.15) is 66.2 Å². The Morgan fingerprint density at radius 3 is 2.58 bits per heavy atom. The Morgan fingerprint density at radius 1 is 1.16 bits per heavy atom. The van der Waals surface area contributed by atoms with E-state index in [0.29, 0.717) is 11.5 Å². The maximum atomic E-state index is 3.62. The normalized spacial score (nSPS) is 30.9. The molecular formula is C17H34N2. The molecule has 1 aliphatic carbocycles. The number of hydrogen-bond acceptors (Lipinski definition) is 2. The Hall–Kier alpha value is -0.0800. The average Bonchev–Trinajstić information content (AvgIpc) is 2.39. The van der Waals surface area contributed by atoms with E-state index in [1.807, 2.05) is 0 Å². The molecule has 0 amide bonds. The molecule has 1 saturated carbocycles. The first kappa shape index (κ1) is 15.3. The maximum Gasteiger partial charge on any atom is 0.0124 e. The van der Waals surface area contributed by atoms with Crippen LogP contribution >= 0.6 is 0 Å². The maximum absolute atomic E-state index is 3.62. The third-order valence-corrected chi connectivity index (χ3v) is 5.65. The summed E-state index contributed by atoms with van der Waals surface area (Å²) in [6, 6.07) is 1.50. The molecule has 2 fully saturated rings. The molecule has 0 aromatic heterocycles. The van der Waals surface area contributed by atoms with Gasteiger partial charge in [0.25, 0.3) is 0 Å². The van der Waals surface area contributed by atoms with Crippen LogP contribution in [-0.2, 0) is 0 Å². The Balaban J connectivity index is 1.96. The topological polar surface area (TPSA) is 15.3 Å². The zero-order valence-electron chi connectivity index (χ0n) is 13.5. The molecule has 3 atom stereocenters. The van der Waals surface area contributed by atoms with Crippen molar-refractivity contribution >= 4 is 0 Å². The van der Waals surface area contributed by atoms with Gasteiger partial charge in [-0.1, -0.05) is 33.6 Å². The van der Waals surface area contributed by atoms with Crippen LogP contribution < -0.4 is 5.32 Å². The van der Waals surface area contributed by atoms with Gasteiger partial charge < -0.3 is 5.32 Å². The molecule has 0 aromatic carbocycles. The smallest absolute Gasteiger partial charge is 0.0124 e. The molecule has 2 rings (SSSR count). The van der Waals surface area contributed by atoms with Gasteiger partial charge in [-0.3, -0.25) is 4.90 Å². The number of nitrogens with one attached hydrogen (secondary N) is 1. The molecule has 2 aliphatic rings. The number of rotatable bonds is 5. The second kappa shape index (κ2) is 6.58. The first-order chi connectivity index (χ1) is 9.04. The molecule has 2 heteroatoms. The van der Waals surface area contributed by atoms with Gasteiger partial charge in [0.05, 0.1) is 0 Å². The van der Waals surface area contributed by atoms with E-state index < -0.39 is 0 Å². The highest BCUT2D eigenvalue weighted by atomic mass is 15.2. The van der Waals surface area contributed by atoms with Crippen LogP contribution in [0.25, 0.3) is 0 Å². The van der Waals surface area contributed by atoms with Crippen molar-refractivity contribution in [3.8, 4) is 0 Å². The number of fused-ring (bicyclic) bond motifs is 1. The zero-order valence-corrected chi connectivity index (χ0v) is 13.5. The first-order valence-corrected chi connectivity index (χ1v) is 8.52. The Bertz CT molecular complexity index is 272. The van der Waals surface area contributed by atoms with Gasteiger partial charge in [-0.15, -0.1) is 0 Å². The molecule has 0 bridgehead atoms. The van der Waals surface area contributed by atoms with Crippen LogP contribution in [0, 0.1) is 11.3 Å². The van der Waals surface area contributed by atoms with Gasteiger partial charge in [0, 0.05) is 18.6 Å². The minimum atomic E-state index is 0.370. The van der Waals surface area contributed by atoms with Gasteiger partial charge in [0.1, 0.15) is 0 Å². The van der Waals surface area contributed by atoms with Gasteiger partial charge in [-0.2, -0.15) is 0 Å². The van der Waals surface area contributed by atoms with Crippen molar-refractivity contribution in [2.45, 2.75) is 78.3 Å². The monoisotopic (exact) mass is 266 g/mol.